The summed E-state index contributed by atoms with van der Waals surface area (Å²) in [5, 5.41) is 0.248. The number of carbonyl (C=O) groups is 1. The molecule has 0 amide bonds. The molecule has 1 aromatic carbocycles. The Morgan fingerprint density at radius 2 is 1.68 bits per heavy atom. The van der Waals surface area contributed by atoms with Gasteiger partial charge in [0.1, 0.15) is 5.00 Å². The zero-order valence-corrected chi connectivity index (χ0v) is 18.0. The van der Waals surface area contributed by atoms with Gasteiger partial charge in [-0.25, -0.2) is 21.6 Å². The third-order valence-electron chi connectivity index (χ3n) is 4.44. The molecule has 1 aliphatic carbocycles. The first-order chi connectivity index (χ1) is 13.1. The molecule has 10 heteroatoms. The van der Waals surface area contributed by atoms with Crippen LogP contribution in [0.5, 0.6) is 0 Å². The molecule has 28 heavy (non-hydrogen) atoms. The second kappa shape index (κ2) is 7.84. The number of anilines is 1. The Morgan fingerprint density at radius 3 is 2.29 bits per heavy atom. The Morgan fingerprint density at radius 1 is 1.07 bits per heavy atom. The molecule has 0 aliphatic heterocycles. The summed E-state index contributed by atoms with van der Waals surface area (Å²) >= 11 is 1.26. The number of fused-ring (bicyclic) bond motifs is 1. The predicted molar refractivity (Wildman–Crippen MR) is 107 cm³/mol. The van der Waals surface area contributed by atoms with Crippen LogP contribution in [-0.2, 0) is 37.4 Å². The number of ether oxygens (including phenoxy) is 1. The third kappa shape index (κ3) is 4.23. The van der Waals surface area contributed by atoms with Crippen LogP contribution in [0.15, 0.2) is 34.1 Å². The van der Waals surface area contributed by atoms with Crippen molar-refractivity contribution in [3.63, 3.8) is 0 Å². The SMILES string of the molecule is CCOC(=O)c1c(NS(=O)(=O)c2ccc(S(C)(=O)=O)cc2)sc2c1CCCC2. The molecule has 152 valence electrons. The second-order valence-electron chi connectivity index (χ2n) is 6.48. The highest BCUT2D eigenvalue weighted by Gasteiger charge is 2.29. The monoisotopic (exact) mass is 443 g/mol. The van der Waals surface area contributed by atoms with Crippen molar-refractivity contribution in [2.75, 3.05) is 17.6 Å². The Labute approximate surface area is 168 Å². The first kappa shape index (κ1) is 20.8. The van der Waals surface area contributed by atoms with Gasteiger partial charge in [0.05, 0.1) is 22.0 Å². The van der Waals surface area contributed by atoms with Crippen LogP contribution >= 0.6 is 11.3 Å². The van der Waals surface area contributed by atoms with Crippen LogP contribution in [0.2, 0.25) is 0 Å². The van der Waals surface area contributed by atoms with Crippen LogP contribution in [0.4, 0.5) is 5.00 Å². The first-order valence-corrected chi connectivity index (χ1v) is 13.0. The molecule has 1 N–H and O–H groups in total. The molecule has 0 bridgehead atoms. The quantitative estimate of drug-likeness (QED) is 0.688. The molecule has 1 heterocycles. The van der Waals surface area contributed by atoms with Crippen molar-refractivity contribution < 1.29 is 26.4 Å². The molecule has 0 spiro atoms. The van der Waals surface area contributed by atoms with E-state index in [-0.39, 0.29) is 27.0 Å². The van der Waals surface area contributed by atoms with Gasteiger partial charge in [-0.1, -0.05) is 0 Å². The van der Waals surface area contributed by atoms with E-state index in [9.17, 15) is 21.6 Å². The van der Waals surface area contributed by atoms with Crippen molar-refractivity contribution in [3.05, 3.63) is 40.3 Å². The summed E-state index contributed by atoms with van der Waals surface area (Å²) in [6, 6.07) is 4.96. The number of sulfonamides is 1. The zero-order chi connectivity index (χ0) is 20.5. The van der Waals surface area contributed by atoms with E-state index in [0.29, 0.717) is 6.42 Å². The minimum absolute atomic E-state index is 0.0326. The topological polar surface area (TPSA) is 107 Å². The van der Waals surface area contributed by atoms with Crippen molar-refractivity contribution >= 4 is 42.2 Å². The summed E-state index contributed by atoms with van der Waals surface area (Å²) in [7, 11) is -7.41. The molecule has 3 rings (SSSR count). The summed E-state index contributed by atoms with van der Waals surface area (Å²) in [6.45, 7) is 1.90. The van der Waals surface area contributed by atoms with Gasteiger partial charge in [0.2, 0.25) is 0 Å². The maximum Gasteiger partial charge on any atom is 0.341 e. The van der Waals surface area contributed by atoms with Crippen molar-refractivity contribution in [3.8, 4) is 0 Å². The summed E-state index contributed by atoms with van der Waals surface area (Å²) in [5.41, 5.74) is 1.15. The van der Waals surface area contributed by atoms with Gasteiger partial charge in [-0.05, 0) is 62.4 Å². The Bertz CT molecular complexity index is 1100. The van der Waals surface area contributed by atoms with Gasteiger partial charge >= 0.3 is 5.97 Å². The smallest absolute Gasteiger partial charge is 0.341 e. The number of sulfone groups is 1. The van der Waals surface area contributed by atoms with Gasteiger partial charge in [-0.2, -0.15) is 0 Å². The summed E-state index contributed by atoms with van der Waals surface area (Å²) in [4.78, 5) is 13.4. The summed E-state index contributed by atoms with van der Waals surface area (Å²) < 4.78 is 56.4. The lowest BCUT2D eigenvalue weighted by Gasteiger charge is -2.12. The minimum atomic E-state index is -3.99. The second-order valence-corrected chi connectivity index (χ2v) is 11.3. The number of aryl methyl sites for hydroxylation is 1. The highest BCUT2D eigenvalue weighted by Crippen LogP contribution is 2.39. The summed E-state index contributed by atoms with van der Waals surface area (Å²) in [6.07, 6.45) is 4.50. The molecular formula is C18H21NO6S3. The molecule has 0 unspecified atom stereocenters. The molecule has 0 atom stereocenters. The Balaban J connectivity index is 1.98. The average molecular weight is 444 g/mol. The van der Waals surface area contributed by atoms with Crippen molar-refractivity contribution in [2.45, 2.75) is 42.4 Å². The molecule has 7 nitrogen and oxygen atoms in total. The lowest BCUT2D eigenvalue weighted by Crippen LogP contribution is -2.16. The van der Waals surface area contributed by atoms with E-state index in [2.05, 4.69) is 4.72 Å². The maximum atomic E-state index is 12.8. The van der Waals surface area contributed by atoms with E-state index >= 15 is 0 Å². The van der Waals surface area contributed by atoms with Crippen molar-refractivity contribution in [2.24, 2.45) is 0 Å². The fourth-order valence-electron chi connectivity index (χ4n) is 3.10. The normalized spacial score (nSPS) is 14.4. The lowest BCUT2D eigenvalue weighted by atomic mass is 9.95. The fourth-order valence-corrected chi connectivity index (χ4v) is 6.32. The van der Waals surface area contributed by atoms with E-state index in [1.54, 1.807) is 6.92 Å². The third-order valence-corrected chi connectivity index (χ3v) is 8.27. The lowest BCUT2D eigenvalue weighted by molar-refractivity contribution is 0.0526. The predicted octanol–water partition coefficient (Wildman–Crippen LogP) is 3.01. The molecule has 0 fully saturated rings. The van der Waals surface area contributed by atoms with Gasteiger partial charge in [0, 0.05) is 11.1 Å². The molecule has 1 aliphatic rings. The number of thiophene rings is 1. The number of benzene rings is 1. The van der Waals surface area contributed by atoms with E-state index in [0.717, 1.165) is 36.0 Å². The number of nitrogens with one attached hydrogen (secondary N) is 1. The molecular weight excluding hydrogens is 422 g/mol. The minimum Gasteiger partial charge on any atom is -0.462 e. The molecule has 1 aromatic heterocycles. The fraction of sp³-hybridized carbons (Fsp3) is 0.389. The molecule has 2 aromatic rings. The van der Waals surface area contributed by atoms with E-state index in [4.69, 9.17) is 4.74 Å². The Kier molecular flexibility index (Phi) is 5.83. The van der Waals surface area contributed by atoms with Crippen molar-refractivity contribution in [1.82, 2.24) is 0 Å². The van der Waals surface area contributed by atoms with E-state index in [1.807, 2.05) is 0 Å². The van der Waals surface area contributed by atoms with Crippen LogP contribution in [0, 0.1) is 0 Å². The number of hydrogen-bond acceptors (Lipinski definition) is 7. The summed E-state index contributed by atoms with van der Waals surface area (Å²) in [5.74, 6) is -0.535. The Hall–Kier alpha value is -1.91. The van der Waals surface area contributed by atoms with E-state index < -0.39 is 25.8 Å². The molecule has 0 radical (unpaired) electrons. The van der Waals surface area contributed by atoms with E-state index in [1.165, 1.54) is 35.6 Å². The van der Waals surface area contributed by atoms with Gasteiger partial charge in [-0.15, -0.1) is 11.3 Å². The first-order valence-electron chi connectivity index (χ1n) is 8.78. The van der Waals surface area contributed by atoms with Crippen LogP contribution in [-0.4, -0.2) is 35.7 Å². The highest BCUT2D eigenvalue weighted by molar-refractivity contribution is 7.93. The average Bonchev–Trinajstić information content (AvgIpc) is 2.98. The number of esters is 1. The van der Waals surface area contributed by atoms with Gasteiger partial charge < -0.3 is 4.74 Å². The van der Waals surface area contributed by atoms with Crippen LogP contribution in [0.25, 0.3) is 0 Å². The van der Waals surface area contributed by atoms with Crippen LogP contribution < -0.4 is 4.72 Å². The highest BCUT2D eigenvalue weighted by atomic mass is 32.2. The van der Waals surface area contributed by atoms with Crippen LogP contribution in [0.3, 0.4) is 0 Å². The largest absolute Gasteiger partial charge is 0.462 e. The maximum absolute atomic E-state index is 12.8. The molecule has 0 saturated heterocycles. The van der Waals surface area contributed by atoms with Gasteiger partial charge in [0.15, 0.2) is 9.84 Å². The zero-order valence-electron chi connectivity index (χ0n) is 15.5. The van der Waals surface area contributed by atoms with Gasteiger partial charge in [-0.3, -0.25) is 4.72 Å². The number of rotatable bonds is 6. The number of hydrogen-bond donors (Lipinski definition) is 1. The van der Waals surface area contributed by atoms with Crippen LogP contribution in [0.1, 0.15) is 40.6 Å². The molecule has 0 saturated carbocycles. The van der Waals surface area contributed by atoms with Gasteiger partial charge in [0.25, 0.3) is 10.0 Å². The standard InChI is InChI=1S/C18H21NO6S3/c1-3-25-18(20)16-14-6-4-5-7-15(14)26-17(16)19-28(23,24)13-10-8-12(9-11-13)27(2,21)22/h8-11,19H,3-7H2,1-2H3. The van der Waals surface area contributed by atoms with Crippen molar-refractivity contribution in [1.29, 1.82) is 0 Å². The number of carbonyl (C=O) groups excluding carboxylic acids is 1.